The number of rotatable bonds is 2. The van der Waals surface area contributed by atoms with E-state index in [2.05, 4.69) is 31.4 Å². The number of nitrogen functional groups attached to an aromatic ring is 1. The SMILES string of the molecule is Nc1cccc(N2CCN(C(=S)N/N=C3/CCOc4ccc(F)nc43)CC2)c1. The van der Waals surface area contributed by atoms with Gasteiger partial charge >= 0.3 is 0 Å². The van der Waals surface area contributed by atoms with Crippen LogP contribution >= 0.6 is 12.2 Å². The standard InChI is InChI=1S/C19H21FN6OS/c20-17-5-4-16-18(22-17)15(6-11-27-16)23-24-19(28)26-9-7-25(8-10-26)14-3-1-2-13(21)12-14/h1-5,12H,6-11,21H2,(H,24,28)/b23-15-. The third-order valence-electron chi connectivity index (χ3n) is 4.78. The molecule has 146 valence electrons. The summed E-state index contributed by atoms with van der Waals surface area (Å²) in [5.41, 5.74) is 11.7. The van der Waals surface area contributed by atoms with Crippen molar-refractivity contribution < 1.29 is 9.13 Å². The van der Waals surface area contributed by atoms with Gasteiger partial charge in [-0.05, 0) is 42.5 Å². The monoisotopic (exact) mass is 400 g/mol. The molecule has 7 nitrogen and oxygen atoms in total. The number of nitrogens with zero attached hydrogens (tertiary/aromatic N) is 4. The summed E-state index contributed by atoms with van der Waals surface area (Å²) in [6.45, 7) is 3.71. The normalized spacial score (nSPS) is 17.8. The van der Waals surface area contributed by atoms with Crippen LogP contribution in [-0.4, -0.2) is 53.5 Å². The third-order valence-corrected chi connectivity index (χ3v) is 5.13. The highest BCUT2D eigenvalue weighted by molar-refractivity contribution is 7.80. The van der Waals surface area contributed by atoms with Crippen molar-refractivity contribution in [2.45, 2.75) is 6.42 Å². The second kappa shape index (κ2) is 7.97. The fourth-order valence-electron chi connectivity index (χ4n) is 3.31. The number of hydrazone groups is 1. The van der Waals surface area contributed by atoms with E-state index in [9.17, 15) is 4.39 Å². The first-order valence-electron chi connectivity index (χ1n) is 9.12. The lowest BCUT2D eigenvalue weighted by atomic mass is 10.1. The van der Waals surface area contributed by atoms with Crippen molar-refractivity contribution in [3.63, 3.8) is 0 Å². The topological polar surface area (TPSA) is 79.0 Å². The molecule has 0 radical (unpaired) electrons. The second-order valence-corrected chi connectivity index (χ2v) is 7.01. The Bertz CT molecular complexity index is 913. The highest BCUT2D eigenvalue weighted by Gasteiger charge is 2.22. The first-order valence-corrected chi connectivity index (χ1v) is 9.52. The van der Waals surface area contributed by atoms with Gasteiger partial charge in [0.05, 0.1) is 12.3 Å². The Labute approximate surface area is 168 Å². The van der Waals surface area contributed by atoms with E-state index in [-0.39, 0.29) is 0 Å². The molecule has 3 N–H and O–H groups in total. The molecule has 2 aliphatic heterocycles. The Kier molecular flexibility index (Phi) is 5.25. The number of fused-ring (bicyclic) bond motifs is 1. The van der Waals surface area contributed by atoms with Gasteiger partial charge in [0.25, 0.3) is 0 Å². The fraction of sp³-hybridized carbons (Fsp3) is 0.316. The van der Waals surface area contributed by atoms with Gasteiger partial charge in [-0.15, -0.1) is 0 Å². The molecule has 0 aliphatic carbocycles. The van der Waals surface area contributed by atoms with Gasteiger partial charge in [-0.2, -0.15) is 9.49 Å². The summed E-state index contributed by atoms with van der Waals surface area (Å²) in [7, 11) is 0. The number of pyridine rings is 1. The van der Waals surface area contributed by atoms with Crippen LogP contribution in [0.15, 0.2) is 41.5 Å². The molecule has 0 bridgehead atoms. The summed E-state index contributed by atoms with van der Waals surface area (Å²) in [6.07, 6.45) is 0.544. The Morgan fingerprint density at radius 3 is 2.82 bits per heavy atom. The van der Waals surface area contributed by atoms with Gasteiger partial charge in [-0.1, -0.05) is 6.07 Å². The van der Waals surface area contributed by atoms with Gasteiger partial charge in [0.1, 0.15) is 11.4 Å². The summed E-state index contributed by atoms with van der Waals surface area (Å²) in [4.78, 5) is 8.25. The van der Waals surface area contributed by atoms with Crippen LogP contribution in [-0.2, 0) is 0 Å². The molecule has 1 fully saturated rings. The lowest BCUT2D eigenvalue weighted by Gasteiger charge is -2.37. The molecule has 0 saturated carbocycles. The quantitative estimate of drug-likeness (QED) is 0.345. The van der Waals surface area contributed by atoms with E-state index >= 15 is 0 Å². The summed E-state index contributed by atoms with van der Waals surface area (Å²) >= 11 is 5.49. The van der Waals surface area contributed by atoms with Gasteiger partial charge in [-0.3, -0.25) is 5.43 Å². The van der Waals surface area contributed by atoms with Crippen LogP contribution in [0, 0.1) is 5.95 Å². The third kappa shape index (κ3) is 3.99. The maximum Gasteiger partial charge on any atom is 0.213 e. The molecule has 28 heavy (non-hydrogen) atoms. The number of benzene rings is 1. The Morgan fingerprint density at radius 2 is 2.04 bits per heavy atom. The first kappa shape index (κ1) is 18.4. The second-order valence-electron chi connectivity index (χ2n) is 6.62. The predicted octanol–water partition coefficient (Wildman–Crippen LogP) is 1.99. The van der Waals surface area contributed by atoms with Crippen molar-refractivity contribution in [3.8, 4) is 5.75 Å². The summed E-state index contributed by atoms with van der Waals surface area (Å²) in [6, 6.07) is 10.7. The zero-order valence-corrected chi connectivity index (χ0v) is 16.1. The number of hydrogen-bond acceptors (Lipinski definition) is 6. The van der Waals surface area contributed by atoms with Crippen LogP contribution in [0.4, 0.5) is 15.8 Å². The maximum atomic E-state index is 13.5. The van der Waals surface area contributed by atoms with Crippen molar-refractivity contribution in [2.24, 2.45) is 5.10 Å². The Hall–Kier alpha value is -2.94. The predicted molar refractivity (Wildman–Crippen MR) is 111 cm³/mol. The number of nitrogens with two attached hydrogens (primary N) is 1. The number of anilines is 2. The Balaban J connectivity index is 1.37. The van der Waals surface area contributed by atoms with E-state index in [1.165, 1.54) is 6.07 Å². The van der Waals surface area contributed by atoms with E-state index in [0.717, 1.165) is 37.6 Å². The molecule has 1 aromatic carbocycles. The van der Waals surface area contributed by atoms with Gasteiger partial charge in [0.15, 0.2) is 5.11 Å². The van der Waals surface area contributed by atoms with Gasteiger partial charge in [0.2, 0.25) is 5.95 Å². The van der Waals surface area contributed by atoms with Crippen LogP contribution in [0.3, 0.4) is 0 Å². The molecule has 4 rings (SSSR count). The number of hydrogen-bond donors (Lipinski definition) is 2. The van der Waals surface area contributed by atoms with E-state index in [1.807, 2.05) is 18.2 Å². The zero-order valence-electron chi connectivity index (χ0n) is 15.3. The summed E-state index contributed by atoms with van der Waals surface area (Å²) < 4.78 is 19.0. The molecule has 0 atom stereocenters. The largest absolute Gasteiger partial charge is 0.491 e. The average molecular weight is 400 g/mol. The van der Waals surface area contributed by atoms with E-state index in [4.69, 9.17) is 22.7 Å². The van der Waals surface area contributed by atoms with E-state index < -0.39 is 5.95 Å². The minimum Gasteiger partial charge on any atom is -0.491 e. The van der Waals surface area contributed by atoms with Crippen LogP contribution in [0.1, 0.15) is 12.1 Å². The lowest BCUT2D eigenvalue weighted by Crippen LogP contribution is -2.51. The molecular formula is C19H21FN6OS. The number of ether oxygens (including phenoxy) is 1. The van der Waals surface area contributed by atoms with Gasteiger partial charge in [0, 0.05) is 44.0 Å². The highest BCUT2D eigenvalue weighted by Crippen LogP contribution is 2.23. The van der Waals surface area contributed by atoms with Crippen LogP contribution in [0.2, 0.25) is 0 Å². The molecular weight excluding hydrogens is 379 g/mol. The van der Waals surface area contributed by atoms with Crippen molar-refractivity contribution in [1.29, 1.82) is 0 Å². The van der Waals surface area contributed by atoms with Crippen LogP contribution in [0.5, 0.6) is 5.75 Å². The smallest absolute Gasteiger partial charge is 0.213 e. The average Bonchev–Trinajstić information content (AvgIpc) is 2.72. The minimum absolute atomic E-state index is 0.424. The molecule has 2 aliphatic rings. The first-order chi connectivity index (χ1) is 13.6. The van der Waals surface area contributed by atoms with Crippen LogP contribution in [0.25, 0.3) is 0 Å². The number of piperazine rings is 1. The van der Waals surface area contributed by atoms with Crippen molar-refractivity contribution in [2.75, 3.05) is 43.4 Å². The van der Waals surface area contributed by atoms with Gasteiger partial charge in [-0.25, -0.2) is 4.98 Å². The number of nitrogens with one attached hydrogen (secondary N) is 1. The maximum absolute atomic E-state index is 13.5. The molecule has 0 spiro atoms. The molecule has 0 amide bonds. The number of thiocarbonyl (C=S) groups is 1. The Morgan fingerprint density at radius 1 is 1.21 bits per heavy atom. The minimum atomic E-state index is -0.558. The lowest BCUT2D eigenvalue weighted by molar-refractivity contribution is 0.316. The molecule has 1 aromatic heterocycles. The fourth-order valence-corrected chi connectivity index (χ4v) is 3.53. The van der Waals surface area contributed by atoms with Crippen molar-refractivity contribution in [3.05, 3.63) is 48.0 Å². The summed E-state index contributed by atoms with van der Waals surface area (Å²) in [5.74, 6) is -0.0212. The van der Waals surface area contributed by atoms with Crippen LogP contribution < -0.4 is 20.8 Å². The highest BCUT2D eigenvalue weighted by atomic mass is 32.1. The zero-order chi connectivity index (χ0) is 19.5. The molecule has 3 heterocycles. The molecule has 0 unspecified atom stereocenters. The number of halogens is 1. The van der Waals surface area contributed by atoms with E-state index in [1.54, 1.807) is 6.07 Å². The van der Waals surface area contributed by atoms with Crippen molar-refractivity contribution >= 4 is 34.4 Å². The van der Waals surface area contributed by atoms with Crippen molar-refractivity contribution in [1.82, 2.24) is 15.3 Å². The van der Waals surface area contributed by atoms with Gasteiger partial charge < -0.3 is 20.3 Å². The van der Waals surface area contributed by atoms with E-state index in [0.29, 0.717) is 35.3 Å². The molecule has 1 saturated heterocycles. The number of aromatic nitrogens is 1. The summed E-state index contributed by atoms with van der Waals surface area (Å²) in [5, 5.41) is 4.92. The molecule has 2 aromatic rings. The molecule has 9 heteroatoms.